The minimum Gasteiger partial charge on any atom is -0.397 e. The van der Waals surface area contributed by atoms with Crippen molar-refractivity contribution in [3.63, 3.8) is 0 Å². The molecule has 0 unspecified atom stereocenters. The Hall–Kier alpha value is -0.740. The average molecular weight is 312 g/mol. The molecule has 100 valence electrons. The fourth-order valence-electron chi connectivity index (χ4n) is 2.53. The van der Waals surface area contributed by atoms with Gasteiger partial charge < -0.3 is 15.5 Å². The highest BCUT2D eigenvalue weighted by Crippen LogP contribution is 2.25. The van der Waals surface area contributed by atoms with Gasteiger partial charge in [0.25, 0.3) is 0 Å². The van der Waals surface area contributed by atoms with Crippen LogP contribution in [0.15, 0.2) is 22.7 Å². The summed E-state index contributed by atoms with van der Waals surface area (Å²) in [6.45, 7) is 4.83. The summed E-state index contributed by atoms with van der Waals surface area (Å²) in [6, 6.07) is 6.09. The minimum absolute atomic E-state index is 0.841. The number of rotatable bonds is 5. The zero-order valence-corrected chi connectivity index (χ0v) is 12.6. The van der Waals surface area contributed by atoms with Crippen LogP contribution in [0, 0.1) is 0 Å². The first-order valence-electron chi connectivity index (χ1n) is 6.65. The molecule has 1 heterocycles. The van der Waals surface area contributed by atoms with E-state index >= 15 is 0 Å². The monoisotopic (exact) mass is 311 g/mol. The van der Waals surface area contributed by atoms with Crippen LogP contribution in [0.1, 0.15) is 19.3 Å². The summed E-state index contributed by atoms with van der Waals surface area (Å²) in [4.78, 5) is 4.80. The van der Waals surface area contributed by atoms with E-state index in [2.05, 4.69) is 38.8 Å². The Morgan fingerprint density at radius 1 is 1.33 bits per heavy atom. The highest BCUT2D eigenvalue weighted by molar-refractivity contribution is 9.10. The molecule has 1 aromatic rings. The minimum atomic E-state index is 0.841. The Morgan fingerprint density at radius 3 is 2.72 bits per heavy atom. The fraction of sp³-hybridized carbons (Fsp3) is 0.571. The normalized spacial score (nSPS) is 16.1. The van der Waals surface area contributed by atoms with Crippen molar-refractivity contribution in [2.45, 2.75) is 19.3 Å². The largest absolute Gasteiger partial charge is 0.397 e. The van der Waals surface area contributed by atoms with E-state index in [1.54, 1.807) is 0 Å². The number of nitrogens with zero attached hydrogens (tertiary/aromatic N) is 2. The Morgan fingerprint density at radius 2 is 2.06 bits per heavy atom. The first-order valence-corrected chi connectivity index (χ1v) is 7.44. The molecule has 0 atom stereocenters. The molecule has 1 fully saturated rings. The third-order valence-electron chi connectivity index (χ3n) is 3.57. The van der Waals surface area contributed by atoms with Crippen molar-refractivity contribution in [3.8, 4) is 0 Å². The number of hydrogen-bond donors (Lipinski definition) is 1. The van der Waals surface area contributed by atoms with Crippen molar-refractivity contribution in [2.24, 2.45) is 0 Å². The Bertz CT molecular complexity index is 389. The topological polar surface area (TPSA) is 32.5 Å². The molecule has 0 aromatic heterocycles. The molecule has 2 N–H and O–H groups in total. The second kappa shape index (κ2) is 6.43. The van der Waals surface area contributed by atoms with E-state index in [1.165, 1.54) is 38.9 Å². The molecule has 1 aromatic carbocycles. The van der Waals surface area contributed by atoms with E-state index in [0.717, 1.165) is 22.4 Å². The van der Waals surface area contributed by atoms with E-state index in [1.807, 2.05) is 12.1 Å². The van der Waals surface area contributed by atoms with Gasteiger partial charge in [0.05, 0.1) is 11.4 Å². The molecule has 0 amide bonds. The van der Waals surface area contributed by atoms with Crippen LogP contribution in [0.5, 0.6) is 0 Å². The van der Waals surface area contributed by atoms with E-state index in [9.17, 15) is 0 Å². The predicted octanol–water partition coefficient (Wildman–Crippen LogP) is 2.95. The van der Waals surface area contributed by atoms with Crippen LogP contribution in [-0.2, 0) is 0 Å². The van der Waals surface area contributed by atoms with Crippen molar-refractivity contribution in [1.29, 1.82) is 0 Å². The molecule has 2 rings (SSSR count). The zero-order chi connectivity index (χ0) is 13.0. The van der Waals surface area contributed by atoms with Crippen molar-refractivity contribution < 1.29 is 0 Å². The molecule has 1 aliphatic heterocycles. The SMILES string of the molecule is CN(CCCN1CCCC1)c1ccc(Br)cc1N. The predicted molar refractivity (Wildman–Crippen MR) is 82.1 cm³/mol. The maximum Gasteiger partial charge on any atom is 0.0598 e. The number of nitrogens with two attached hydrogens (primary N) is 1. The molecule has 1 saturated heterocycles. The lowest BCUT2D eigenvalue weighted by Gasteiger charge is -2.23. The van der Waals surface area contributed by atoms with E-state index in [4.69, 9.17) is 5.73 Å². The van der Waals surface area contributed by atoms with Gasteiger partial charge in [0.15, 0.2) is 0 Å². The van der Waals surface area contributed by atoms with Gasteiger partial charge in [0, 0.05) is 18.1 Å². The number of likely N-dealkylation sites (tertiary alicyclic amines) is 1. The molecular formula is C14H22BrN3. The molecule has 0 bridgehead atoms. The van der Waals surface area contributed by atoms with Crippen LogP contribution in [0.25, 0.3) is 0 Å². The molecule has 4 heteroatoms. The first kappa shape index (κ1) is 13.7. The number of anilines is 2. The summed E-state index contributed by atoms with van der Waals surface area (Å²) in [5.41, 5.74) is 8.00. The molecule has 0 spiro atoms. The number of halogens is 1. The zero-order valence-electron chi connectivity index (χ0n) is 11.0. The molecule has 0 aliphatic carbocycles. The van der Waals surface area contributed by atoms with Gasteiger partial charge in [-0.1, -0.05) is 15.9 Å². The van der Waals surface area contributed by atoms with Crippen molar-refractivity contribution >= 4 is 27.3 Å². The van der Waals surface area contributed by atoms with Gasteiger partial charge in [0.1, 0.15) is 0 Å². The quantitative estimate of drug-likeness (QED) is 0.849. The van der Waals surface area contributed by atoms with Gasteiger partial charge in [-0.25, -0.2) is 0 Å². The van der Waals surface area contributed by atoms with Crippen LogP contribution in [0.3, 0.4) is 0 Å². The van der Waals surface area contributed by atoms with E-state index in [-0.39, 0.29) is 0 Å². The third-order valence-corrected chi connectivity index (χ3v) is 4.06. The van der Waals surface area contributed by atoms with Crippen LogP contribution in [0.2, 0.25) is 0 Å². The summed E-state index contributed by atoms with van der Waals surface area (Å²) in [7, 11) is 2.11. The van der Waals surface area contributed by atoms with Gasteiger partial charge in [0.2, 0.25) is 0 Å². The molecule has 3 nitrogen and oxygen atoms in total. The van der Waals surface area contributed by atoms with Gasteiger partial charge in [-0.05, 0) is 57.1 Å². The maximum atomic E-state index is 6.03. The highest BCUT2D eigenvalue weighted by Gasteiger charge is 2.11. The van der Waals surface area contributed by atoms with Crippen LogP contribution < -0.4 is 10.6 Å². The standard InChI is InChI=1S/C14H22BrN3/c1-17(7-4-10-18-8-2-3-9-18)14-6-5-12(15)11-13(14)16/h5-6,11H,2-4,7-10,16H2,1H3. The van der Waals surface area contributed by atoms with Crippen molar-refractivity contribution in [1.82, 2.24) is 4.90 Å². The fourth-order valence-corrected chi connectivity index (χ4v) is 2.91. The summed E-state index contributed by atoms with van der Waals surface area (Å²) >= 11 is 3.44. The number of nitrogen functional groups attached to an aromatic ring is 1. The highest BCUT2D eigenvalue weighted by atomic mass is 79.9. The maximum absolute atomic E-state index is 6.03. The lowest BCUT2D eigenvalue weighted by atomic mass is 10.2. The second-order valence-electron chi connectivity index (χ2n) is 5.03. The number of hydrogen-bond acceptors (Lipinski definition) is 3. The van der Waals surface area contributed by atoms with Gasteiger partial charge >= 0.3 is 0 Å². The van der Waals surface area contributed by atoms with Gasteiger partial charge in [-0.2, -0.15) is 0 Å². The molecule has 1 aliphatic rings. The number of benzene rings is 1. The molecular weight excluding hydrogens is 290 g/mol. The molecule has 0 saturated carbocycles. The van der Waals surface area contributed by atoms with Crippen LogP contribution in [0.4, 0.5) is 11.4 Å². The van der Waals surface area contributed by atoms with E-state index in [0.29, 0.717) is 0 Å². The Kier molecular flexibility index (Phi) is 4.89. The summed E-state index contributed by atoms with van der Waals surface area (Å²) in [6.07, 6.45) is 3.94. The van der Waals surface area contributed by atoms with Gasteiger partial charge in [-0.3, -0.25) is 0 Å². The summed E-state index contributed by atoms with van der Waals surface area (Å²) < 4.78 is 1.04. The molecule has 18 heavy (non-hydrogen) atoms. The smallest absolute Gasteiger partial charge is 0.0598 e. The second-order valence-corrected chi connectivity index (χ2v) is 5.94. The van der Waals surface area contributed by atoms with Crippen molar-refractivity contribution in [2.75, 3.05) is 43.9 Å². The summed E-state index contributed by atoms with van der Waals surface area (Å²) in [5.74, 6) is 0. The third kappa shape index (κ3) is 3.62. The molecule has 0 radical (unpaired) electrons. The van der Waals surface area contributed by atoms with Gasteiger partial charge in [-0.15, -0.1) is 0 Å². The Balaban J connectivity index is 1.81. The first-order chi connectivity index (χ1) is 8.66. The average Bonchev–Trinajstić information content (AvgIpc) is 2.81. The van der Waals surface area contributed by atoms with Crippen molar-refractivity contribution in [3.05, 3.63) is 22.7 Å². The lowest BCUT2D eigenvalue weighted by molar-refractivity contribution is 0.335. The Labute approximate surface area is 118 Å². The summed E-state index contributed by atoms with van der Waals surface area (Å²) in [5, 5.41) is 0. The van der Waals surface area contributed by atoms with Crippen LogP contribution in [-0.4, -0.2) is 38.1 Å². The van der Waals surface area contributed by atoms with Crippen LogP contribution >= 0.6 is 15.9 Å². The van der Waals surface area contributed by atoms with E-state index < -0.39 is 0 Å². The lowest BCUT2D eigenvalue weighted by Crippen LogP contribution is -2.26.